The molecule has 2 aromatic carbocycles. The van der Waals surface area contributed by atoms with E-state index in [1.54, 1.807) is 33.9 Å². The summed E-state index contributed by atoms with van der Waals surface area (Å²) in [5.74, 6) is 0.135. The molecular formula is C30H36Cl2N4O6S. The number of rotatable bonds is 9. The van der Waals surface area contributed by atoms with Gasteiger partial charge in [-0.05, 0) is 64.8 Å². The standard InChI is InChI=1S/C30H36Cl2N4O6S/c1-19-11-12-20-8-6-10-24(27(20)34-19)41-18-21-22(31)13-14-25(26(21)32)43(39,40)36-16-7-9-23(36)28(37)35(5)17-15-33-29(38)42-30(2,3)4/h6,8,10-14,23H,7,9,15-18H2,1-5H3,(H,33,38)/t23-/m0/s1. The molecule has 1 aromatic heterocycles. The molecular weight excluding hydrogens is 615 g/mol. The predicted molar refractivity (Wildman–Crippen MR) is 166 cm³/mol. The Kier molecular flexibility index (Phi) is 10.1. The molecule has 3 aromatic rings. The number of carbonyl (C=O) groups excluding carboxylic acids is 2. The van der Waals surface area contributed by atoms with Gasteiger partial charge in [-0.2, -0.15) is 4.31 Å². The highest BCUT2D eigenvalue weighted by molar-refractivity contribution is 7.89. The lowest BCUT2D eigenvalue weighted by molar-refractivity contribution is -0.133. The number of likely N-dealkylation sites (N-methyl/N-ethyl adjacent to an activating group) is 1. The molecule has 1 fully saturated rings. The van der Waals surface area contributed by atoms with Gasteiger partial charge < -0.3 is 19.7 Å². The Morgan fingerprint density at radius 3 is 2.60 bits per heavy atom. The Hall–Kier alpha value is -3.12. The molecule has 0 unspecified atom stereocenters. The van der Waals surface area contributed by atoms with Gasteiger partial charge in [0.2, 0.25) is 15.9 Å². The quantitative estimate of drug-likeness (QED) is 0.322. The first-order valence-electron chi connectivity index (χ1n) is 13.9. The highest BCUT2D eigenvalue weighted by Gasteiger charge is 2.41. The average Bonchev–Trinajstić information content (AvgIpc) is 3.42. The Morgan fingerprint density at radius 1 is 1.14 bits per heavy atom. The number of aryl methyl sites for hydroxylation is 1. The van der Waals surface area contributed by atoms with Crippen molar-refractivity contribution in [2.45, 2.75) is 63.7 Å². The number of nitrogens with zero attached hydrogens (tertiary/aromatic N) is 3. The number of nitrogens with one attached hydrogen (secondary N) is 1. The third-order valence-corrected chi connectivity index (χ3v) is 9.76. The number of amides is 2. The number of pyridine rings is 1. The lowest BCUT2D eigenvalue weighted by Gasteiger charge is -2.28. The number of ether oxygens (including phenoxy) is 2. The first kappa shape index (κ1) is 32.8. The first-order valence-corrected chi connectivity index (χ1v) is 16.1. The van der Waals surface area contributed by atoms with Gasteiger partial charge in [0, 0.05) is 48.3 Å². The van der Waals surface area contributed by atoms with Crippen LogP contribution < -0.4 is 10.1 Å². The number of sulfonamides is 1. The third kappa shape index (κ3) is 7.70. The minimum Gasteiger partial charge on any atom is -0.487 e. The number of fused-ring (bicyclic) bond motifs is 1. The first-order chi connectivity index (χ1) is 20.2. The molecule has 0 aliphatic carbocycles. The smallest absolute Gasteiger partial charge is 0.407 e. The summed E-state index contributed by atoms with van der Waals surface area (Å²) in [5, 5.41) is 3.69. The van der Waals surface area contributed by atoms with E-state index in [2.05, 4.69) is 10.3 Å². The minimum atomic E-state index is -4.18. The molecule has 43 heavy (non-hydrogen) atoms. The molecule has 0 spiro atoms. The number of carbonyl (C=O) groups is 2. The lowest BCUT2D eigenvalue weighted by Crippen LogP contribution is -2.48. The number of para-hydroxylation sites is 1. The van der Waals surface area contributed by atoms with Crippen LogP contribution >= 0.6 is 23.2 Å². The van der Waals surface area contributed by atoms with Crippen LogP contribution in [0.25, 0.3) is 10.9 Å². The van der Waals surface area contributed by atoms with Gasteiger partial charge in [-0.15, -0.1) is 0 Å². The van der Waals surface area contributed by atoms with E-state index in [0.29, 0.717) is 29.7 Å². The normalized spacial score (nSPS) is 15.8. The van der Waals surface area contributed by atoms with Gasteiger partial charge in [0.15, 0.2) is 0 Å². The van der Waals surface area contributed by atoms with Crippen molar-refractivity contribution in [3.8, 4) is 5.75 Å². The minimum absolute atomic E-state index is 0.0649. The molecule has 1 aliphatic rings. The van der Waals surface area contributed by atoms with Crippen LogP contribution in [0.15, 0.2) is 47.4 Å². The fourth-order valence-corrected chi connectivity index (χ4v) is 7.31. The van der Waals surface area contributed by atoms with Crippen LogP contribution in [0.3, 0.4) is 0 Å². The van der Waals surface area contributed by atoms with E-state index < -0.39 is 27.8 Å². The van der Waals surface area contributed by atoms with Crippen LogP contribution in [0, 0.1) is 6.92 Å². The van der Waals surface area contributed by atoms with Crippen molar-refractivity contribution in [1.29, 1.82) is 0 Å². The largest absolute Gasteiger partial charge is 0.487 e. The second-order valence-corrected chi connectivity index (χ2v) is 14.0. The van der Waals surface area contributed by atoms with E-state index >= 15 is 0 Å². The number of benzene rings is 2. The summed E-state index contributed by atoms with van der Waals surface area (Å²) < 4.78 is 40.2. The van der Waals surface area contributed by atoms with Gasteiger partial charge in [0.1, 0.15) is 34.4 Å². The van der Waals surface area contributed by atoms with Gasteiger partial charge >= 0.3 is 6.09 Å². The zero-order chi connectivity index (χ0) is 31.5. The van der Waals surface area contributed by atoms with E-state index in [1.807, 2.05) is 31.2 Å². The van der Waals surface area contributed by atoms with Gasteiger partial charge in [0.25, 0.3) is 0 Å². The molecule has 1 N–H and O–H groups in total. The van der Waals surface area contributed by atoms with E-state index in [9.17, 15) is 18.0 Å². The van der Waals surface area contributed by atoms with Crippen LogP contribution in [0.1, 0.15) is 44.9 Å². The maximum atomic E-state index is 13.9. The van der Waals surface area contributed by atoms with Crippen molar-refractivity contribution in [1.82, 2.24) is 19.5 Å². The zero-order valence-corrected chi connectivity index (χ0v) is 27.1. The van der Waals surface area contributed by atoms with Crippen molar-refractivity contribution >= 4 is 56.1 Å². The van der Waals surface area contributed by atoms with Gasteiger partial charge in [-0.1, -0.05) is 41.4 Å². The van der Waals surface area contributed by atoms with Crippen LogP contribution in [-0.4, -0.2) is 72.9 Å². The van der Waals surface area contributed by atoms with Crippen molar-refractivity contribution in [2.75, 3.05) is 26.7 Å². The summed E-state index contributed by atoms with van der Waals surface area (Å²) in [4.78, 5) is 31.1. The summed E-state index contributed by atoms with van der Waals surface area (Å²) >= 11 is 13.1. The second-order valence-electron chi connectivity index (χ2n) is 11.4. The molecule has 10 nitrogen and oxygen atoms in total. The number of aromatic nitrogens is 1. The van der Waals surface area contributed by atoms with E-state index in [4.69, 9.17) is 32.7 Å². The second kappa shape index (κ2) is 13.3. The topological polar surface area (TPSA) is 118 Å². The number of hydrogen-bond donors (Lipinski definition) is 1. The van der Waals surface area contributed by atoms with Crippen molar-refractivity contribution in [3.05, 3.63) is 63.8 Å². The Morgan fingerprint density at radius 2 is 1.88 bits per heavy atom. The average molecular weight is 652 g/mol. The van der Waals surface area contributed by atoms with Crippen LogP contribution in [-0.2, 0) is 26.2 Å². The fraction of sp³-hybridized carbons (Fsp3) is 0.433. The van der Waals surface area contributed by atoms with Gasteiger partial charge in [-0.3, -0.25) is 4.79 Å². The Balaban J connectivity index is 1.49. The van der Waals surface area contributed by atoms with Crippen molar-refractivity contribution in [2.24, 2.45) is 0 Å². The number of hydrogen-bond acceptors (Lipinski definition) is 7. The molecule has 0 saturated carbocycles. The SMILES string of the molecule is Cc1ccc2cccc(OCc3c(Cl)ccc(S(=O)(=O)N4CCC[C@H]4C(=O)N(C)CCNC(=O)OC(C)(C)C)c3Cl)c2n1. The highest BCUT2D eigenvalue weighted by Crippen LogP contribution is 2.36. The fourth-order valence-electron chi connectivity index (χ4n) is 4.80. The zero-order valence-electron chi connectivity index (χ0n) is 24.8. The third-order valence-electron chi connectivity index (χ3n) is 6.91. The van der Waals surface area contributed by atoms with Crippen molar-refractivity contribution < 1.29 is 27.5 Å². The van der Waals surface area contributed by atoms with Gasteiger partial charge in [-0.25, -0.2) is 18.2 Å². The summed E-state index contributed by atoms with van der Waals surface area (Å²) in [6.07, 6.45) is 0.271. The highest BCUT2D eigenvalue weighted by atomic mass is 35.5. The summed E-state index contributed by atoms with van der Waals surface area (Å²) in [6, 6.07) is 11.3. The molecule has 1 atom stereocenters. The van der Waals surface area contributed by atoms with E-state index in [1.165, 1.54) is 21.3 Å². The summed E-state index contributed by atoms with van der Waals surface area (Å²) in [6.45, 7) is 7.53. The number of halogens is 2. The molecule has 2 heterocycles. The molecule has 4 rings (SSSR count). The molecule has 232 valence electrons. The molecule has 13 heteroatoms. The molecule has 0 bridgehead atoms. The lowest BCUT2D eigenvalue weighted by atomic mass is 10.2. The van der Waals surface area contributed by atoms with E-state index in [-0.39, 0.29) is 47.1 Å². The van der Waals surface area contributed by atoms with Crippen molar-refractivity contribution in [3.63, 3.8) is 0 Å². The van der Waals surface area contributed by atoms with Crippen LogP contribution in [0.2, 0.25) is 10.0 Å². The monoisotopic (exact) mass is 650 g/mol. The summed E-state index contributed by atoms with van der Waals surface area (Å²) in [7, 11) is -2.61. The number of alkyl carbamates (subject to hydrolysis) is 1. The molecule has 0 radical (unpaired) electrons. The molecule has 1 saturated heterocycles. The summed E-state index contributed by atoms with van der Waals surface area (Å²) in [5.41, 5.74) is 1.15. The van der Waals surface area contributed by atoms with Gasteiger partial charge in [0.05, 0.1) is 5.02 Å². The van der Waals surface area contributed by atoms with Crippen LogP contribution in [0.4, 0.5) is 4.79 Å². The Bertz CT molecular complexity index is 1630. The van der Waals surface area contributed by atoms with Crippen LogP contribution in [0.5, 0.6) is 5.75 Å². The van der Waals surface area contributed by atoms with E-state index in [0.717, 1.165) is 11.1 Å². The molecule has 2 amide bonds. The predicted octanol–water partition coefficient (Wildman–Crippen LogP) is 5.57. The maximum absolute atomic E-state index is 13.9. The Labute approximate surface area is 262 Å². The maximum Gasteiger partial charge on any atom is 0.407 e. The molecule has 1 aliphatic heterocycles.